The first-order chi connectivity index (χ1) is 8.09. The minimum atomic E-state index is 0.452. The molecule has 2 nitrogen and oxygen atoms in total. The van der Waals surface area contributed by atoms with Gasteiger partial charge in [0.05, 0.1) is 11.4 Å². The first-order valence-electron chi connectivity index (χ1n) is 6.38. The van der Waals surface area contributed by atoms with Crippen LogP contribution in [0.15, 0.2) is 18.2 Å². The molecule has 1 saturated carbocycles. The Morgan fingerprint density at radius 1 is 1.29 bits per heavy atom. The van der Waals surface area contributed by atoms with Gasteiger partial charge in [0, 0.05) is 10.1 Å². The van der Waals surface area contributed by atoms with Crippen LogP contribution in [0.5, 0.6) is 0 Å². The Hall–Kier alpha value is -0.450. The van der Waals surface area contributed by atoms with Crippen LogP contribution in [0, 0.1) is 8.99 Å². The second kappa shape index (κ2) is 5.46. The summed E-state index contributed by atoms with van der Waals surface area (Å²) in [6.45, 7) is 3.43. The molecule has 0 saturated heterocycles. The maximum absolute atomic E-state index is 6.01. The van der Waals surface area contributed by atoms with Crippen LogP contribution >= 0.6 is 22.6 Å². The third-order valence-corrected chi connectivity index (χ3v) is 4.45. The Bertz CT molecular complexity index is 384. The van der Waals surface area contributed by atoms with E-state index in [0.29, 0.717) is 5.41 Å². The third kappa shape index (κ3) is 3.50. The molecular formula is C14H21IN2. The molecule has 0 amide bonds. The van der Waals surface area contributed by atoms with Crippen LogP contribution in [0.3, 0.4) is 0 Å². The molecule has 1 aliphatic rings. The van der Waals surface area contributed by atoms with Gasteiger partial charge in [0.15, 0.2) is 0 Å². The highest BCUT2D eigenvalue weighted by Crippen LogP contribution is 2.36. The molecule has 0 radical (unpaired) electrons. The predicted octanol–water partition coefficient (Wildman–Crippen LogP) is 4.26. The van der Waals surface area contributed by atoms with Crippen molar-refractivity contribution >= 4 is 34.0 Å². The molecule has 1 aliphatic carbocycles. The molecule has 0 atom stereocenters. The highest BCUT2D eigenvalue weighted by atomic mass is 127. The summed E-state index contributed by atoms with van der Waals surface area (Å²) >= 11 is 2.29. The number of nitrogens with two attached hydrogens (primary N) is 1. The summed E-state index contributed by atoms with van der Waals surface area (Å²) in [5, 5.41) is 3.52. The number of rotatable bonds is 3. The maximum Gasteiger partial charge on any atom is 0.0574 e. The van der Waals surface area contributed by atoms with E-state index in [4.69, 9.17) is 5.73 Å². The first kappa shape index (κ1) is 13.0. The molecule has 0 aromatic heterocycles. The molecular weight excluding hydrogens is 323 g/mol. The first-order valence-corrected chi connectivity index (χ1v) is 7.46. The van der Waals surface area contributed by atoms with Crippen LogP contribution in [-0.4, -0.2) is 6.54 Å². The summed E-state index contributed by atoms with van der Waals surface area (Å²) in [5.74, 6) is 0. The molecule has 0 aliphatic heterocycles. The average Bonchev–Trinajstić information content (AvgIpc) is 2.29. The van der Waals surface area contributed by atoms with Crippen LogP contribution in [0.1, 0.15) is 39.0 Å². The lowest BCUT2D eigenvalue weighted by molar-refractivity contribution is 0.233. The summed E-state index contributed by atoms with van der Waals surface area (Å²) in [6.07, 6.45) is 6.83. The van der Waals surface area contributed by atoms with Gasteiger partial charge < -0.3 is 11.1 Å². The quantitative estimate of drug-likeness (QED) is 0.635. The average molecular weight is 344 g/mol. The zero-order valence-electron chi connectivity index (χ0n) is 10.4. The topological polar surface area (TPSA) is 38.0 Å². The van der Waals surface area contributed by atoms with E-state index >= 15 is 0 Å². The van der Waals surface area contributed by atoms with Crippen molar-refractivity contribution in [1.29, 1.82) is 0 Å². The van der Waals surface area contributed by atoms with E-state index in [1.807, 2.05) is 6.07 Å². The Kier molecular flexibility index (Phi) is 4.17. The van der Waals surface area contributed by atoms with Crippen LogP contribution < -0.4 is 11.1 Å². The molecule has 3 N–H and O–H groups in total. The lowest BCUT2D eigenvalue weighted by Gasteiger charge is -2.34. The van der Waals surface area contributed by atoms with Crippen molar-refractivity contribution in [1.82, 2.24) is 0 Å². The number of hydrogen-bond donors (Lipinski definition) is 2. The fraction of sp³-hybridized carbons (Fsp3) is 0.571. The molecule has 0 heterocycles. The summed E-state index contributed by atoms with van der Waals surface area (Å²) in [5.41, 5.74) is 8.40. The fourth-order valence-electron chi connectivity index (χ4n) is 2.59. The number of hydrogen-bond acceptors (Lipinski definition) is 2. The lowest BCUT2D eigenvalue weighted by atomic mass is 9.76. The van der Waals surface area contributed by atoms with Crippen LogP contribution in [0.25, 0.3) is 0 Å². The lowest BCUT2D eigenvalue weighted by Crippen LogP contribution is -2.29. The monoisotopic (exact) mass is 344 g/mol. The Morgan fingerprint density at radius 2 is 2.00 bits per heavy atom. The van der Waals surface area contributed by atoms with Gasteiger partial charge in [-0.3, -0.25) is 0 Å². The van der Waals surface area contributed by atoms with E-state index in [1.165, 1.54) is 35.7 Å². The van der Waals surface area contributed by atoms with E-state index in [1.54, 1.807) is 0 Å². The number of nitrogens with one attached hydrogen (secondary N) is 1. The molecule has 0 spiro atoms. The van der Waals surface area contributed by atoms with E-state index in [2.05, 4.69) is 47.0 Å². The molecule has 0 bridgehead atoms. The normalized spacial score (nSPS) is 18.9. The van der Waals surface area contributed by atoms with Crippen molar-refractivity contribution in [2.24, 2.45) is 5.41 Å². The molecule has 1 aromatic carbocycles. The van der Waals surface area contributed by atoms with Crippen molar-refractivity contribution in [2.75, 3.05) is 17.6 Å². The largest absolute Gasteiger partial charge is 0.397 e. The molecule has 17 heavy (non-hydrogen) atoms. The van der Waals surface area contributed by atoms with Gasteiger partial charge in [-0.1, -0.05) is 26.2 Å². The van der Waals surface area contributed by atoms with Gasteiger partial charge in [0.1, 0.15) is 0 Å². The minimum absolute atomic E-state index is 0.452. The Labute approximate surface area is 117 Å². The van der Waals surface area contributed by atoms with Crippen LogP contribution in [0.2, 0.25) is 0 Å². The molecule has 3 heteroatoms. The summed E-state index contributed by atoms with van der Waals surface area (Å²) in [6, 6.07) is 6.21. The summed E-state index contributed by atoms with van der Waals surface area (Å²) in [4.78, 5) is 0. The standard InChI is InChI=1S/C14H21IN2/c1-14(7-3-2-4-8-14)10-17-13-6-5-11(15)9-12(13)16/h5-6,9,17H,2-4,7-8,10,16H2,1H3. The highest BCUT2D eigenvalue weighted by molar-refractivity contribution is 14.1. The Balaban J connectivity index is 1.97. The minimum Gasteiger partial charge on any atom is -0.397 e. The number of anilines is 2. The zero-order chi connectivity index (χ0) is 12.3. The fourth-order valence-corrected chi connectivity index (χ4v) is 3.10. The van der Waals surface area contributed by atoms with Gasteiger partial charge in [0.2, 0.25) is 0 Å². The summed E-state index contributed by atoms with van der Waals surface area (Å²) in [7, 11) is 0. The maximum atomic E-state index is 6.01. The van der Waals surface area contributed by atoms with Crippen LogP contribution in [-0.2, 0) is 0 Å². The van der Waals surface area contributed by atoms with Gasteiger partial charge in [0.25, 0.3) is 0 Å². The van der Waals surface area contributed by atoms with Crippen molar-refractivity contribution in [3.8, 4) is 0 Å². The van der Waals surface area contributed by atoms with Crippen LogP contribution in [0.4, 0.5) is 11.4 Å². The second-order valence-corrected chi connectivity index (χ2v) is 6.70. The molecule has 94 valence electrons. The van der Waals surface area contributed by atoms with E-state index < -0.39 is 0 Å². The van der Waals surface area contributed by atoms with E-state index in [-0.39, 0.29) is 0 Å². The summed E-state index contributed by atoms with van der Waals surface area (Å²) < 4.78 is 1.19. The van der Waals surface area contributed by atoms with Gasteiger partial charge in [-0.15, -0.1) is 0 Å². The van der Waals surface area contributed by atoms with Gasteiger partial charge in [-0.2, -0.15) is 0 Å². The SMILES string of the molecule is CC1(CNc2ccc(I)cc2N)CCCCC1. The van der Waals surface area contributed by atoms with Crippen molar-refractivity contribution in [3.63, 3.8) is 0 Å². The molecule has 1 fully saturated rings. The van der Waals surface area contributed by atoms with Crippen molar-refractivity contribution in [2.45, 2.75) is 39.0 Å². The molecule has 0 unspecified atom stereocenters. The second-order valence-electron chi connectivity index (χ2n) is 5.46. The Morgan fingerprint density at radius 3 is 2.65 bits per heavy atom. The van der Waals surface area contributed by atoms with Gasteiger partial charge in [-0.25, -0.2) is 0 Å². The van der Waals surface area contributed by atoms with Gasteiger partial charge >= 0.3 is 0 Å². The third-order valence-electron chi connectivity index (χ3n) is 3.78. The number of benzene rings is 1. The number of nitrogen functional groups attached to an aromatic ring is 1. The highest BCUT2D eigenvalue weighted by Gasteiger charge is 2.26. The number of halogens is 1. The molecule has 1 aromatic rings. The van der Waals surface area contributed by atoms with E-state index in [9.17, 15) is 0 Å². The zero-order valence-corrected chi connectivity index (χ0v) is 12.6. The molecule has 2 rings (SSSR count). The smallest absolute Gasteiger partial charge is 0.0574 e. The van der Waals surface area contributed by atoms with Gasteiger partial charge in [-0.05, 0) is 59.0 Å². The van der Waals surface area contributed by atoms with E-state index in [0.717, 1.165) is 17.9 Å². The van der Waals surface area contributed by atoms with Crippen molar-refractivity contribution < 1.29 is 0 Å². The predicted molar refractivity (Wildman–Crippen MR) is 83.3 cm³/mol. The van der Waals surface area contributed by atoms with Crippen molar-refractivity contribution in [3.05, 3.63) is 21.8 Å².